The molecule has 5 heteroatoms. The zero-order valence-electron chi connectivity index (χ0n) is 9.42. The van der Waals surface area contributed by atoms with Crippen molar-refractivity contribution < 1.29 is 4.63 Å². The fourth-order valence-corrected chi connectivity index (χ4v) is 1.98. The molecule has 0 fully saturated rings. The van der Waals surface area contributed by atoms with Crippen molar-refractivity contribution in [3.8, 4) is 0 Å². The molecule has 5 nitrogen and oxygen atoms in total. The highest BCUT2D eigenvalue weighted by Gasteiger charge is 2.09. The molecule has 0 aliphatic carbocycles. The van der Waals surface area contributed by atoms with Gasteiger partial charge in [0, 0.05) is 11.6 Å². The van der Waals surface area contributed by atoms with Gasteiger partial charge in [0.25, 0.3) is 0 Å². The first-order chi connectivity index (χ1) is 8.25. The monoisotopic (exact) mass is 228 g/mol. The van der Waals surface area contributed by atoms with Crippen LogP contribution in [-0.4, -0.2) is 14.9 Å². The minimum Gasteiger partial charge on any atom is -0.397 e. The highest BCUT2D eigenvalue weighted by Crippen LogP contribution is 2.22. The summed E-state index contributed by atoms with van der Waals surface area (Å²) in [5.74, 6) is 0. The van der Waals surface area contributed by atoms with Gasteiger partial charge in [-0.05, 0) is 19.1 Å². The quantitative estimate of drug-likeness (QED) is 0.681. The fourth-order valence-electron chi connectivity index (χ4n) is 1.98. The van der Waals surface area contributed by atoms with Crippen LogP contribution in [0, 0.1) is 6.92 Å². The first-order valence-electron chi connectivity index (χ1n) is 5.37. The van der Waals surface area contributed by atoms with Gasteiger partial charge in [-0.3, -0.25) is 0 Å². The molecule has 2 heterocycles. The molecular weight excluding hydrogens is 216 g/mol. The molecule has 2 N–H and O–H groups in total. The molecule has 0 saturated carbocycles. The Bertz CT molecular complexity index is 668. The second kappa shape index (κ2) is 3.62. The average molecular weight is 228 g/mol. The van der Waals surface area contributed by atoms with Crippen LogP contribution in [0.25, 0.3) is 10.9 Å². The smallest absolute Gasteiger partial charge is 0.127 e. The lowest BCUT2D eigenvalue weighted by Crippen LogP contribution is -2.01. The van der Waals surface area contributed by atoms with Crippen LogP contribution in [0.15, 0.2) is 35.1 Å². The van der Waals surface area contributed by atoms with E-state index in [2.05, 4.69) is 14.9 Å². The van der Waals surface area contributed by atoms with Crippen molar-refractivity contribution in [2.24, 2.45) is 0 Å². The summed E-state index contributed by atoms with van der Waals surface area (Å²) in [6, 6.07) is 7.92. The summed E-state index contributed by atoms with van der Waals surface area (Å²) in [4.78, 5) is 0. The molecule has 3 aromatic rings. The number of aryl methyl sites for hydroxylation is 1. The predicted molar refractivity (Wildman–Crippen MR) is 64.5 cm³/mol. The normalized spacial score (nSPS) is 11.1. The molecule has 0 aliphatic heterocycles. The van der Waals surface area contributed by atoms with E-state index in [4.69, 9.17) is 10.4 Å². The van der Waals surface area contributed by atoms with Gasteiger partial charge in [-0.15, -0.1) is 0 Å². The van der Waals surface area contributed by atoms with Gasteiger partial charge in [-0.25, -0.2) is 4.63 Å². The molecule has 2 aromatic heterocycles. The molecule has 0 saturated heterocycles. The van der Waals surface area contributed by atoms with E-state index in [-0.39, 0.29) is 0 Å². The number of aromatic nitrogens is 3. The van der Waals surface area contributed by atoms with Crippen LogP contribution in [0.5, 0.6) is 0 Å². The number of nitrogen functional groups attached to an aromatic ring is 1. The first kappa shape index (κ1) is 9.89. The molecule has 3 rings (SSSR count). The maximum Gasteiger partial charge on any atom is 0.127 e. The summed E-state index contributed by atoms with van der Waals surface area (Å²) in [5, 5.41) is 8.77. The molecule has 0 spiro atoms. The zero-order chi connectivity index (χ0) is 11.8. The van der Waals surface area contributed by atoms with Crippen LogP contribution in [0.3, 0.4) is 0 Å². The Labute approximate surface area is 97.8 Å². The summed E-state index contributed by atoms with van der Waals surface area (Å²) in [6.45, 7) is 2.49. The van der Waals surface area contributed by atoms with E-state index in [9.17, 15) is 0 Å². The maximum absolute atomic E-state index is 5.99. The number of benzene rings is 1. The summed E-state index contributed by atoms with van der Waals surface area (Å²) < 4.78 is 6.74. The minimum absolute atomic E-state index is 0.618. The van der Waals surface area contributed by atoms with Gasteiger partial charge >= 0.3 is 0 Å². The Morgan fingerprint density at radius 2 is 2.18 bits per heavy atom. The Morgan fingerprint density at radius 1 is 1.29 bits per heavy atom. The third-order valence-corrected chi connectivity index (χ3v) is 2.89. The van der Waals surface area contributed by atoms with Gasteiger partial charge in [-0.1, -0.05) is 22.4 Å². The number of hydrogen-bond acceptors (Lipinski definition) is 4. The van der Waals surface area contributed by atoms with Crippen molar-refractivity contribution in [1.29, 1.82) is 0 Å². The largest absolute Gasteiger partial charge is 0.397 e. The van der Waals surface area contributed by atoms with E-state index in [0.29, 0.717) is 6.54 Å². The lowest BCUT2D eigenvalue weighted by molar-refractivity contribution is 0.300. The highest BCUT2D eigenvalue weighted by atomic mass is 16.6. The molecule has 86 valence electrons. The van der Waals surface area contributed by atoms with Crippen molar-refractivity contribution in [3.63, 3.8) is 0 Å². The van der Waals surface area contributed by atoms with Gasteiger partial charge in [0.15, 0.2) is 0 Å². The number of para-hydroxylation sites is 1. The Morgan fingerprint density at radius 3 is 2.94 bits per heavy atom. The van der Waals surface area contributed by atoms with Crippen molar-refractivity contribution >= 4 is 16.6 Å². The number of anilines is 1. The highest BCUT2D eigenvalue weighted by molar-refractivity contribution is 5.90. The van der Waals surface area contributed by atoms with Crippen molar-refractivity contribution in [2.45, 2.75) is 13.5 Å². The van der Waals surface area contributed by atoms with Gasteiger partial charge in [-0.2, -0.15) is 0 Å². The number of hydrogen-bond donors (Lipinski definition) is 1. The Hall–Kier alpha value is -2.30. The van der Waals surface area contributed by atoms with E-state index in [1.165, 1.54) is 0 Å². The second-order valence-corrected chi connectivity index (χ2v) is 4.03. The van der Waals surface area contributed by atoms with Crippen LogP contribution < -0.4 is 5.73 Å². The number of nitrogens with zero attached hydrogens (tertiary/aromatic N) is 3. The molecular formula is C12H12N4O. The predicted octanol–water partition coefficient (Wildman–Crippen LogP) is 1.96. The fraction of sp³-hybridized carbons (Fsp3) is 0.167. The molecule has 0 bridgehead atoms. The molecule has 0 radical (unpaired) electrons. The average Bonchev–Trinajstić information content (AvgIpc) is 2.89. The third kappa shape index (κ3) is 1.56. The standard InChI is InChI=1S/C12H12N4O/c1-8-11(15-17-14-8)7-16-6-5-9-3-2-4-10(13)12(9)16/h2-6H,7,13H2,1H3. The van der Waals surface area contributed by atoms with E-state index < -0.39 is 0 Å². The summed E-state index contributed by atoms with van der Waals surface area (Å²) in [6.07, 6.45) is 2.00. The summed E-state index contributed by atoms with van der Waals surface area (Å²) in [7, 11) is 0. The van der Waals surface area contributed by atoms with Crippen molar-refractivity contribution in [1.82, 2.24) is 14.9 Å². The summed E-state index contributed by atoms with van der Waals surface area (Å²) in [5.41, 5.74) is 9.41. The van der Waals surface area contributed by atoms with Crippen molar-refractivity contribution in [3.05, 3.63) is 41.9 Å². The van der Waals surface area contributed by atoms with Crippen LogP contribution in [0.4, 0.5) is 5.69 Å². The van der Waals surface area contributed by atoms with Crippen LogP contribution in [0.2, 0.25) is 0 Å². The molecule has 0 unspecified atom stereocenters. The van der Waals surface area contributed by atoms with Crippen LogP contribution in [0.1, 0.15) is 11.4 Å². The summed E-state index contributed by atoms with van der Waals surface area (Å²) >= 11 is 0. The van der Waals surface area contributed by atoms with Crippen LogP contribution >= 0.6 is 0 Å². The van der Waals surface area contributed by atoms with E-state index in [0.717, 1.165) is 28.0 Å². The molecule has 0 aliphatic rings. The first-order valence-corrected chi connectivity index (χ1v) is 5.37. The third-order valence-electron chi connectivity index (χ3n) is 2.89. The SMILES string of the molecule is Cc1nonc1Cn1ccc2cccc(N)c21. The number of nitrogens with two attached hydrogens (primary N) is 1. The molecule has 1 aromatic carbocycles. The van der Waals surface area contributed by atoms with E-state index in [1.54, 1.807) is 0 Å². The molecule has 17 heavy (non-hydrogen) atoms. The van der Waals surface area contributed by atoms with Gasteiger partial charge in [0.05, 0.1) is 17.7 Å². The maximum atomic E-state index is 5.99. The number of rotatable bonds is 2. The molecule has 0 atom stereocenters. The minimum atomic E-state index is 0.618. The van der Waals surface area contributed by atoms with Crippen LogP contribution in [-0.2, 0) is 6.54 Å². The second-order valence-electron chi connectivity index (χ2n) is 4.03. The van der Waals surface area contributed by atoms with Gasteiger partial charge in [0.1, 0.15) is 11.4 Å². The van der Waals surface area contributed by atoms with E-state index >= 15 is 0 Å². The van der Waals surface area contributed by atoms with Gasteiger partial charge < -0.3 is 10.3 Å². The lowest BCUT2D eigenvalue weighted by Gasteiger charge is -2.05. The molecule has 0 amide bonds. The van der Waals surface area contributed by atoms with Gasteiger partial charge in [0.2, 0.25) is 0 Å². The zero-order valence-corrected chi connectivity index (χ0v) is 9.42. The Balaban J connectivity index is 2.10. The lowest BCUT2D eigenvalue weighted by atomic mass is 10.2. The van der Waals surface area contributed by atoms with Crippen molar-refractivity contribution in [2.75, 3.05) is 5.73 Å². The van der Waals surface area contributed by atoms with E-state index in [1.807, 2.05) is 37.4 Å². The Kier molecular flexibility index (Phi) is 2.11. The number of fused-ring (bicyclic) bond motifs is 1. The topological polar surface area (TPSA) is 69.9 Å².